The lowest BCUT2D eigenvalue weighted by Gasteiger charge is -2.32. The average Bonchev–Trinajstić information content (AvgIpc) is 3.32. The van der Waals surface area contributed by atoms with Gasteiger partial charge in [-0.05, 0) is 18.2 Å². The van der Waals surface area contributed by atoms with Crippen molar-refractivity contribution >= 4 is 5.91 Å². The Morgan fingerprint density at radius 2 is 1.53 bits per heavy atom. The third-order valence-corrected chi connectivity index (χ3v) is 6.98. The molecule has 2 aliphatic heterocycles. The van der Waals surface area contributed by atoms with Crippen molar-refractivity contribution in [1.82, 2.24) is 14.3 Å². The van der Waals surface area contributed by atoms with E-state index in [0.29, 0.717) is 72.4 Å². The van der Waals surface area contributed by atoms with Gasteiger partial charge in [0.25, 0.3) is 11.5 Å². The van der Waals surface area contributed by atoms with E-state index in [4.69, 9.17) is 38.3 Å². The van der Waals surface area contributed by atoms with E-state index in [9.17, 15) is 9.59 Å². The number of aromatic nitrogens is 2. The van der Waals surface area contributed by atoms with Gasteiger partial charge in [-0.1, -0.05) is 18.2 Å². The first-order chi connectivity index (χ1) is 21.1. The lowest BCUT2D eigenvalue weighted by atomic mass is 9.97. The lowest BCUT2D eigenvalue weighted by molar-refractivity contribution is -0.157. The van der Waals surface area contributed by atoms with Gasteiger partial charge in [-0.25, -0.2) is 4.68 Å². The van der Waals surface area contributed by atoms with E-state index in [1.54, 1.807) is 26.4 Å². The Morgan fingerprint density at radius 1 is 0.907 bits per heavy atom. The van der Waals surface area contributed by atoms with Crippen molar-refractivity contribution in [3.05, 3.63) is 64.3 Å². The number of carbonyl (C=O) groups is 1. The van der Waals surface area contributed by atoms with E-state index in [1.807, 2.05) is 37.4 Å². The molecule has 0 bridgehead atoms. The van der Waals surface area contributed by atoms with E-state index in [1.165, 1.54) is 0 Å². The van der Waals surface area contributed by atoms with Crippen molar-refractivity contribution in [1.29, 1.82) is 0 Å². The maximum absolute atomic E-state index is 13.9. The number of nitrogens with zero attached hydrogens (tertiary/aromatic N) is 3. The normalized spacial score (nSPS) is 21.3. The summed E-state index contributed by atoms with van der Waals surface area (Å²) in [6.45, 7) is 4.52. The fourth-order valence-corrected chi connectivity index (χ4v) is 4.87. The van der Waals surface area contributed by atoms with Crippen LogP contribution < -0.4 is 5.56 Å². The zero-order chi connectivity index (χ0) is 30.3. The Labute approximate surface area is 251 Å². The molecule has 0 radical (unpaired) electrons. The lowest BCUT2D eigenvalue weighted by Crippen LogP contribution is -2.40. The summed E-state index contributed by atoms with van der Waals surface area (Å²) in [7, 11) is 1.82. The molecule has 1 amide bonds. The number of hydrogen-bond acceptors (Lipinski definition) is 10. The van der Waals surface area contributed by atoms with Crippen molar-refractivity contribution in [2.45, 2.75) is 18.6 Å². The number of amides is 1. The minimum Gasteiger partial charge on any atom is -0.459 e. The van der Waals surface area contributed by atoms with Gasteiger partial charge >= 0.3 is 0 Å². The third-order valence-electron chi connectivity index (χ3n) is 6.98. The zero-order valence-corrected chi connectivity index (χ0v) is 24.8. The van der Waals surface area contributed by atoms with Crippen LogP contribution in [-0.4, -0.2) is 124 Å². The van der Waals surface area contributed by atoms with Gasteiger partial charge in [0.15, 0.2) is 5.76 Å². The van der Waals surface area contributed by atoms with Crippen LogP contribution >= 0.6 is 0 Å². The van der Waals surface area contributed by atoms with Crippen LogP contribution in [0.5, 0.6) is 0 Å². The van der Waals surface area contributed by atoms with Gasteiger partial charge in [0.1, 0.15) is 0 Å². The average molecular weight is 606 g/mol. The Morgan fingerprint density at radius 3 is 2.16 bits per heavy atom. The van der Waals surface area contributed by atoms with Gasteiger partial charge in [-0.2, -0.15) is 0 Å². The second-order valence-electron chi connectivity index (χ2n) is 9.95. The van der Waals surface area contributed by atoms with Crippen LogP contribution in [0.25, 0.3) is 5.69 Å². The zero-order valence-electron chi connectivity index (χ0n) is 24.8. The highest BCUT2D eigenvalue weighted by Crippen LogP contribution is 2.32. The Hall–Kier alpha value is -3.04. The summed E-state index contributed by atoms with van der Waals surface area (Å²) < 4.78 is 43.1. The van der Waals surface area contributed by atoms with E-state index in [0.717, 1.165) is 11.4 Å². The smallest absolute Gasteiger partial charge is 0.288 e. The minimum absolute atomic E-state index is 0.0842. The van der Waals surface area contributed by atoms with Crippen LogP contribution in [0.4, 0.5) is 0 Å². The summed E-state index contributed by atoms with van der Waals surface area (Å²) in [6.07, 6.45) is 1.38. The first-order valence-corrected chi connectivity index (χ1v) is 14.7. The van der Waals surface area contributed by atoms with Crippen LogP contribution in [0, 0.1) is 0 Å². The Balaban J connectivity index is 1.54. The fraction of sp³-hybridized carbons (Fsp3) is 0.600. The molecule has 4 rings (SSSR count). The monoisotopic (exact) mass is 605 g/mol. The van der Waals surface area contributed by atoms with E-state index < -0.39 is 6.29 Å². The van der Waals surface area contributed by atoms with Crippen molar-refractivity contribution in [2.24, 2.45) is 7.05 Å². The molecule has 0 aliphatic carbocycles. The highest BCUT2D eigenvalue weighted by molar-refractivity contribution is 5.91. The molecule has 43 heavy (non-hydrogen) atoms. The molecule has 3 heterocycles. The molecule has 13 heteroatoms. The maximum atomic E-state index is 13.9. The minimum atomic E-state index is -0.757. The molecule has 0 spiro atoms. The summed E-state index contributed by atoms with van der Waals surface area (Å²) in [5, 5.41) is 8.97. The number of hydrogen-bond donors (Lipinski definition) is 1. The van der Waals surface area contributed by atoms with E-state index in [-0.39, 0.29) is 49.6 Å². The van der Waals surface area contributed by atoms with Gasteiger partial charge < -0.3 is 43.2 Å². The number of aliphatic hydroxyl groups excluding tert-OH is 1. The number of ether oxygens (including phenoxy) is 7. The molecule has 2 atom stereocenters. The SMILES string of the molecule is Cn1c([C@H]2C=C(C(=O)N3CCOCCOCCOCCOCC3)O[C@@H](OCCOCCO)C2)cc(=O)n1-c1ccccc1. The first-order valence-electron chi connectivity index (χ1n) is 14.7. The predicted molar refractivity (Wildman–Crippen MR) is 155 cm³/mol. The summed E-state index contributed by atoms with van der Waals surface area (Å²) in [5.41, 5.74) is 1.27. The second-order valence-corrected chi connectivity index (χ2v) is 9.95. The number of carbonyl (C=O) groups excluding carboxylic acids is 1. The molecule has 0 saturated carbocycles. The molecule has 0 unspecified atom stereocenters. The summed E-state index contributed by atoms with van der Waals surface area (Å²) in [6, 6.07) is 10.9. The van der Waals surface area contributed by atoms with Crippen LogP contribution in [0.15, 0.2) is 53.0 Å². The number of benzene rings is 1. The molecule has 13 nitrogen and oxygen atoms in total. The van der Waals surface area contributed by atoms with Crippen LogP contribution in [0.1, 0.15) is 18.0 Å². The Bertz CT molecular complexity index is 1180. The largest absolute Gasteiger partial charge is 0.459 e. The van der Waals surface area contributed by atoms with Crippen molar-refractivity contribution < 1.29 is 43.1 Å². The summed E-state index contributed by atoms with van der Waals surface area (Å²) in [5.74, 6) is -0.544. The van der Waals surface area contributed by atoms with E-state index in [2.05, 4.69) is 0 Å². The van der Waals surface area contributed by atoms with Gasteiger partial charge in [0.2, 0.25) is 6.29 Å². The molecule has 2 aliphatic rings. The highest BCUT2D eigenvalue weighted by Gasteiger charge is 2.33. The maximum Gasteiger partial charge on any atom is 0.288 e. The molecule has 1 aromatic heterocycles. The number of allylic oxidation sites excluding steroid dienone is 1. The van der Waals surface area contributed by atoms with Crippen LogP contribution in [0.3, 0.4) is 0 Å². The van der Waals surface area contributed by atoms with Gasteiger partial charge in [0, 0.05) is 44.2 Å². The first kappa shape index (κ1) is 32.9. The third kappa shape index (κ3) is 10.00. The quantitative estimate of drug-likeness (QED) is 0.410. The molecule has 2 aromatic rings. The topological polar surface area (TPSA) is 132 Å². The second kappa shape index (κ2) is 17.9. The number of aliphatic hydroxyl groups is 1. The molecule has 1 saturated heterocycles. The molecule has 1 fully saturated rings. The van der Waals surface area contributed by atoms with Crippen molar-refractivity contribution in [3.63, 3.8) is 0 Å². The standard InChI is InChI=1S/C30H43N3O10/c1-31-26(23-28(35)33(31)25-5-3-2-4-6-25)24-21-27(43-29(22-24)42-20-19-39-12-9-34)30(36)32-7-10-37-13-15-40-17-18-41-16-14-38-11-8-32/h2-6,21,23-24,29,34H,7-20,22H2,1H3/t24-,29+/m0/s1. The molecule has 238 valence electrons. The van der Waals surface area contributed by atoms with E-state index >= 15 is 0 Å². The van der Waals surface area contributed by atoms with Crippen molar-refractivity contribution in [3.8, 4) is 5.69 Å². The molecule has 1 aromatic carbocycles. The number of para-hydroxylation sites is 1. The van der Waals surface area contributed by atoms with Crippen molar-refractivity contribution in [2.75, 3.05) is 92.4 Å². The van der Waals surface area contributed by atoms with Gasteiger partial charge in [-0.3, -0.25) is 14.3 Å². The molecule has 1 N–H and O–H groups in total. The van der Waals surface area contributed by atoms with Gasteiger partial charge in [0.05, 0.1) is 85.0 Å². The number of rotatable bonds is 9. The van der Waals surface area contributed by atoms with Gasteiger partial charge in [-0.15, -0.1) is 0 Å². The van der Waals surface area contributed by atoms with Crippen LogP contribution in [0.2, 0.25) is 0 Å². The fourth-order valence-electron chi connectivity index (χ4n) is 4.87. The van der Waals surface area contributed by atoms with Crippen LogP contribution in [-0.2, 0) is 45.0 Å². The summed E-state index contributed by atoms with van der Waals surface area (Å²) in [4.78, 5) is 28.6. The Kier molecular flexibility index (Phi) is 13.7. The predicted octanol–water partition coefficient (Wildman–Crippen LogP) is 0.824. The summed E-state index contributed by atoms with van der Waals surface area (Å²) >= 11 is 0. The molecular weight excluding hydrogens is 562 g/mol. The molecular formula is C30H43N3O10. The highest BCUT2D eigenvalue weighted by atomic mass is 16.7.